The average Bonchev–Trinajstić information content (AvgIpc) is 3.36. The van der Waals surface area contributed by atoms with E-state index in [1.54, 1.807) is 18.2 Å². The summed E-state index contributed by atoms with van der Waals surface area (Å²) in [7, 11) is 0. The Morgan fingerprint density at radius 1 is 0.960 bits per heavy atom. The maximum atomic E-state index is 12.4. The lowest BCUT2D eigenvalue weighted by Crippen LogP contribution is -2.21. The van der Waals surface area contributed by atoms with Gasteiger partial charge in [0.1, 0.15) is 0 Å². The van der Waals surface area contributed by atoms with Crippen LogP contribution in [0.3, 0.4) is 0 Å². The van der Waals surface area contributed by atoms with E-state index in [2.05, 4.69) is 10.6 Å². The monoisotopic (exact) mass is 376 g/mol. The lowest BCUT2D eigenvalue weighted by molar-refractivity contribution is -0.122. The molecule has 3 rings (SSSR count). The summed E-state index contributed by atoms with van der Waals surface area (Å²) in [5.74, 6) is -0.926. The molecule has 0 aromatic heterocycles. The molecule has 1 aliphatic carbocycles. The Bertz CT molecular complexity index is 851. The minimum atomic E-state index is -0.320. The van der Waals surface area contributed by atoms with Gasteiger partial charge in [-0.2, -0.15) is 0 Å². The van der Waals surface area contributed by atoms with E-state index >= 15 is 0 Å². The Hall–Kier alpha value is -2.04. The van der Waals surface area contributed by atoms with Gasteiger partial charge in [0, 0.05) is 11.4 Å². The van der Waals surface area contributed by atoms with Crippen molar-refractivity contribution >= 4 is 46.4 Å². The number of anilines is 2. The van der Waals surface area contributed by atoms with Gasteiger partial charge in [-0.15, -0.1) is 0 Å². The molecular formula is C19H18Cl2N2O2. The van der Waals surface area contributed by atoms with Gasteiger partial charge in [0.05, 0.1) is 21.9 Å². The highest BCUT2D eigenvalue weighted by Gasteiger charge is 2.48. The summed E-state index contributed by atoms with van der Waals surface area (Å²) in [5.41, 5.74) is 3.51. The topological polar surface area (TPSA) is 58.2 Å². The van der Waals surface area contributed by atoms with Gasteiger partial charge in [0.15, 0.2) is 0 Å². The van der Waals surface area contributed by atoms with Crippen molar-refractivity contribution < 1.29 is 9.59 Å². The van der Waals surface area contributed by atoms with Crippen molar-refractivity contribution in [3.63, 3.8) is 0 Å². The number of carbonyl (C=O) groups excluding carboxylic acids is 2. The molecule has 4 nitrogen and oxygen atoms in total. The number of rotatable bonds is 4. The van der Waals surface area contributed by atoms with Crippen molar-refractivity contribution in [3.8, 4) is 0 Å². The number of hydrogen-bond donors (Lipinski definition) is 2. The Morgan fingerprint density at radius 2 is 1.64 bits per heavy atom. The summed E-state index contributed by atoms with van der Waals surface area (Å²) in [6.45, 7) is 3.96. The van der Waals surface area contributed by atoms with E-state index < -0.39 is 0 Å². The summed E-state index contributed by atoms with van der Waals surface area (Å²) in [6, 6.07) is 10.7. The van der Waals surface area contributed by atoms with E-state index in [0.717, 1.165) is 16.8 Å². The van der Waals surface area contributed by atoms with E-state index in [1.807, 2.05) is 32.0 Å². The fraction of sp³-hybridized carbons (Fsp3) is 0.263. The van der Waals surface area contributed by atoms with Crippen molar-refractivity contribution in [2.75, 3.05) is 10.6 Å². The Kier molecular flexibility index (Phi) is 5.02. The van der Waals surface area contributed by atoms with Crippen LogP contribution in [-0.4, -0.2) is 11.8 Å². The van der Waals surface area contributed by atoms with Gasteiger partial charge < -0.3 is 10.6 Å². The van der Waals surface area contributed by atoms with E-state index in [9.17, 15) is 9.59 Å². The number of amides is 2. The molecule has 2 N–H and O–H groups in total. The van der Waals surface area contributed by atoms with Crippen LogP contribution in [0.5, 0.6) is 0 Å². The molecule has 1 fully saturated rings. The molecule has 25 heavy (non-hydrogen) atoms. The first-order valence-electron chi connectivity index (χ1n) is 8.00. The number of hydrogen-bond acceptors (Lipinski definition) is 2. The second kappa shape index (κ2) is 7.06. The molecule has 0 bridgehead atoms. The predicted octanol–water partition coefficient (Wildman–Crippen LogP) is 4.82. The molecule has 2 aromatic carbocycles. The van der Waals surface area contributed by atoms with Crippen molar-refractivity contribution in [3.05, 3.63) is 57.6 Å². The van der Waals surface area contributed by atoms with Crippen LogP contribution < -0.4 is 10.6 Å². The lowest BCUT2D eigenvalue weighted by Gasteiger charge is -2.10. The van der Waals surface area contributed by atoms with Gasteiger partial charge >= 0.3 is 0 Å². The van der Waals surface area contributed by atoms with Gasteiger partial charge in [0.25, 0.3) is 0 Å². The molecular weight excluding hydrogens is 359 g/mol. The molecule has 0 heterocycles. The first kappa shape index (κ1) is 17.8. The van der Waals surface area contributed by atoms with Crippen LogP contribution in [0.15, 0.2) is 36.4 Å². The zero-order valence-electron chi connectivity index (χ0n) is 13.9. The van der Waals surface area contributed by atoms with E-state index in [-0.39, 0.29) is 23.7 Å². The molecule has 2 unspecified atom stereocenters. The van der Waals surface area contributed by atoms with Gasteiger partial charge in [-0.3, -0.25) is 9.59 Å². The minimum Gasteiger partial charge on any atom is -0.326 e. The van der Waals surface area contributed by atoms with Crippen LogP contribution in [0.2, 0.25) is 10.0 Å². The molecule has 0 spiro atoms. The molecule has 130 valence electrons. The van der Waals surface area contributed by atoms with Gasteiger partial charge in [-0.1, -0.05) is 35.3 Å². The fourth-order valence-electron chi connectivity index (χ4n) is 2.70. The molecule has 0 aliphatic heterocycles. The van der Waals surface area contributed by atoms with Crippen LogP contribution in [-0.2, 0) is 9.59 Å². The van der Waals surface area contributed by atoms with E-state index in [1.165, 1.54) is 0 Å². The van der Waals surface area contributed by atoms with Gasteiger partial charge in [0.2, 0.25) is 11.8 Å². The van der Waals surface area contributed by atoms with Crippen LogP contribution in [0, 0.1) is 25.7 Å². The zero-order valence-corrected chi connectivity index (χ0v) is 15.4. The maximum Gasteiger partial charge on any atom is 0.228 e. The number of nitrogens with one attached hydrogen (secondary N) is 2. The lowest BCUT2D eigenvalue weighted by atomic mass is 10.1. The van der Waals surface area contributed by atoms with E-state index in [4.69, 9.17) is 23.2 Å². The average molecular weight is 377 g/mol. The van der Waals surface area contributed by atoms with Gasteiger partial charge in [-0.05, 0) is 55.7 Å². The van der Waals surface area contributed by atoms with Gasteiger partial charge in [-0.25, -0.2) is 0 Å². The quantitative estimate of drug-likeness (QED) is 0.802. The smallest absolute Gasteiger partial charge is 0.228 e. The highest BCUT2D eigenvalue weighted by atomic mass is 35.5. The molecule has 0 saturated heterocycles. The van der Waals surface area contributed by atoms with Crippen molar-refractivity contribution in [2.45, 2.75) is 20.3 Å². The molecule has 6 heteroatoms. The molecule has 0 radical (unpaired) electrons. The third kappa shape index (κ3) is 3.97. The summed E-state index contributed by atoms with van der Waals surface area (Å²) in [4.78, 5) is 24.7. The summed E-state index contributed by atoms with van der Waals surface area (Å²) >= 11 is 11.8. The number of benzene rings is 2. The van der Waals surface area contributed by atoms with Crippen LogP contribution >= 0.6 is 23.2 Å². The van der Waals surface area contributed by atoms with Crippen LogP contribution in [0.1, 0.15) is 17.5 Å². The predicted molar refractivity (Wildman–Crippen MR) is 101 cm³/mol. The first-order chi connectivity index (χ1) is 11.9. The largest absolute Gasteiger partial charge is 0.326 e. The minimum absolute atomic E-state index is 0.122. The Morgan fingerprint density at radius 3 is 2.32 bits per heavy atom. The van der Waals surface area contributed by atoms with Crippen molar-refractivity contribution in [1.29, 1.82) is 0 Å². The number of halogens is 2. The third-order valence-electron chi connectivity index (χ3n) is 4.51. The van der Waals surface area contributed by atoms with Crippen molar-refractivity contribution in [1.82, 2.24) is 0 Å². The molecule has 2 amide bonds. The maximum absolute atomic E-state index is 12.4. The normalized spacial score (nSPS) is 18.6. The van der Waals surface area contributed by atoms with E-state index in [0.29, 0.717) is 22.2 Å². The highest BCUT2D eigenvalue weighted by molar-refractivity contribution is 6.42. The van der Waals surface area contributed by atoms with Crippen molar-refractivity contribution in [2.24, 2.45) is 11.8 Å². The molecule has 1 saturated carbocycles. The number of carbonyl (C=O) groups is 2. The summed E-state index contributed by atoms with van der Waals surface area (Å²) in [5, 5.41) is 6.50. The first-order valence-corrected chi connectivity index (χ1v) is 8.75. The third-order valence-corrected chi connectivity index (χ3v) is 5.25. The fourth-order valence-corrected chi connectivity index (χ4v) is 2.99. The molecule has 1 aliphatic rings. The Labute approximate surface area is 156 Å². The Balaban J connectivity index is 1.59. The SMILES string of the molecule is Cc1cccc(NC(=O)C2CC2C(=O)Nc2ccc(Cl)c(Cl)c2)c1C. The standard InChI is InChI=1S/C19H18Cl2N2O2/c1-10-4-3-5-17(11(10)2)23-19(25)14-9-13(14)18(24)22-12-6-7-15(20)16(21)8-12/h3-8,13-14H,9H2,1-2H3,(H,22,24)(H,23,25). The molecule has 2 atom stereocenters. The highest BCUT2D eigenvalue weighted by Crippen LogP contribution is 2.40. The molecule has 2 aromatic rings. The summed E-state index contributed by atoms with van der Waals surface area (Å²) < 4.78 is 0. The van der Waals surface area contributed by atoms with Crippen LogP contribution in [0.4, 0.5) is 11.4 Å². The van der Waals surface area contributed by atoms with Crippen LogP contribution in [0.25, 0.3) is 0 Å². The summed E-state index contributed by atoms with van der Waals surface area (Å²) in [6.07, 6.45) is 0.545. The second-order valence-corrected chi connectivity index (χ2v) is 7.12. The zero-order chi connectivity index (χ0) is 18.1. The second-order valence-electron chi connectivity index (χ2n) is 6.30. The number of aryl methyl sites for hydroxylation is 1.